The van der Waals surface area contributed by atoms with Crippen molar-refractivity contribution in [3.63, 3.8) is 0 Å². The number of hydrogen-bond acceptors (Lipinski definition) is 4. The Morgan fingerprint density at radius 2 is 2.07 bits per heavy atom. The molecule has 6 heteroatoms. The van der Waals surface area contributed by atoms with E-state index in [9.17, 15) is 14.7 Å². The van der Waals surface area contributed by atoms with Crippen molar-refractivity contribution in [2.24, 2.45) is 5.41 Å². The van der Waals surface area contributed by atoms with E-state index in [2.05, 4.69) is 42.0 Å². The first kappa shape index (κ1) is 18.4. The molecule has 5 atom stereocenters. The second-order valence-electron chi connectivity index (χ2n) is 10.8. The van der Waals surface area contributed by atoms with Crippen molar-refractivity contribution in [1.29, 1.82) is 0 Å². The van der Waals surface area contributed by atoms with E-state index in [1.54, 1.807) is 6.07 Å². The van der Waals surface area contributed by atoms with Crippen LogP contribution in [-0.4, -0.2) is 46.6 Å². The summed E-state index contributed by atoms with van der Waals surface area (Å²) in [6, 6.07) is 5.89. The Labute approximate surface area is 176 Å². The molecule has 1 aromatic rings. The molecule has 5 aliphatic rings. The normalized spacial score (nSPS) is 42.9. The topological polar surface area (TPSA) is 81.7 Å². The van der Waals surface area contributed by atoms with Crippen LogP contribution in [0.2, 0.25) is 0 Å². The van der Waals surface area contributed by atoms with Crippen LogP contribution >= 0.6 is 0 Å². The van der Waals surface area contributed by atoms with E-state index >= 15 is 0 Å². The standard InChI is InChI=1S/C24H29N3O3/c1-14(2)6-9-27-13-22-11-23(17-10-15(28)4-5-16(17)22)12-24(19(29)25-20(30)26-24)8-7-21(23,3)18(22)27/h4-5,10,18,28H,1,6-9,11-13H2,2-3H3,(H2,25,26,29,30)/t18?,21?,22?,23?,24-/m0/s1. The smallest absolute Gasteiger partial charge is 0.322 e. The van der Waals surface area contributed by atoms with E-state index in [0.29, 0.717) is 18.9 Å². The molecule has 4 fully saturated rings. The van der Waals surface area contributed by atoms with Gasteiger partial charge in [-0.05, 0) is 67.7 Å². The zero-order chi connectivity index (χ0) is 21.1. The summed E-state index contributed by atoms with van der Waals surface area (Å²) in [5.41, 5.74) is 2.77. The molecule has 3 N–H and O–H groups in total. The third kappa shape index (κ3) is 1.86. The fraction of sp³-hybridized carbons (Fsp3) is 0.583. The molecule has 4 unspecified atom stereocenters. The molecule has 2 aliphatic heterocycles. The lowest BCUT2D eigenvalue weighted by molar-refractivity contribution is -0.130. The van der Waals surface area contributed by atoms with Crippen LogP contribution in [0.4, 0.5) is 4.79 Å². The van der Waals surface area contributed by atoms with Crippen molar-refractivity contribution < 1.29 is 14.7 Å². The number of nitrogens with zero attached hydrogens (tertiary/aromatic N) is 1. The highest BCUT2D eigenvalue weighted by Gasteiger charge is 2.81. The summed E-state index contributed by atoms with van der Waals surface area (Å²) in [5, 5.41) is 15.8. The summed E-state index contributed by atoms with van der Waals surface area (Å²) in [5.74, 6) is 0.0916. The third-order valence-electron chi connectivity index (χ3n) is 9.26. The fourth-order valence-corrected chi connectivity index (χ4v) is 8.22. The van der Waals surface area contributed by atoms with Crippen LogP contribution in [-0.2, 0) is 15.6 Å². The van der Waals surface area contributed by atoms with E-state index in [0.717, 1.165) is 32.4 Å². The summed E-state index contributed by atoms with van der Waals surface area (Å²) >= 11 is 0. The minimum absolute atomic E-state index is 0.0000340. The maximum absolute atomic E-state index is 12.9. The molecule has 0 aromatic heterocycles. The number of carbonyl (C=O) groups excluding carboxylic acids is 2. The molecule has 3 amide bonds. The number of phenolic OH excluding ortho intramolecular Hbond substituents is 1. The fourth-order valence-electron chi connectivity index (χ4n) is 8.22. The Morgan fingerprint density at radius 3 is 2.77 bits per heavy atom. The van der Waals surface area contributed by atoms with Gasteiger partial charge < -0.3 is 10.4 Å². The Kier molecular flexibility index (Phi) is 3.24. The maximum atomic E-state index is 12.9. The highest BCUT2D eigenvalue weighted by Crippen LogP contribution is 2.78. The number of fused-ring (bicyclic) bond motifs is 2. The summed E-state index contributed by atoms with van der Waals surface area (Å²) in [6.07, 6.45) is 4.15. The van der Waals surface area contributed by atoms with E-state index in [1.807, 2.05) is 6.07 Å². The highest BCUT2D eigenvalue weighted by molar-refractivity contribution is 6.07. The van der Waals surface area contributed by atoms with E-state index < -0.39 is 5.54 Å². The van der Waals surface area contributed by atoms with Crippen LogP contribution in [0.1, 0.15) is 57.1 Å². The number of aromatic hydroxyl groups is 1. The van der Waals surface area contributed by atoms with Crippen LogP contribution in [0, 0.1) is 5.41 Å². The predicted molar refractivity (Wildman–Crippen MR) is 112 cm³/mol. The van der Waals surface area contributed by atoms with Gasteiger partial charge in [-0.2, -0.15) is 0 Å². The number of urea groups is 1. The van der Waals surface area contributed by atoms with Crippen molar-refractivity contribution in [2.45, 2.75) is 68.4 Å². The van der Waals surface area contributed by atoms with Gasteiger partial charge in [-0.3, -0.25) is 15.0 Å². The van der Waals surface area contributed by atoms with Crippen LogP contribution in [0.5, 0.6) is 5.75 Å². The summed E-state index contributed by atoms with van der Waals surface area (Å²) in [6.45, 7) is 10.6. The lowest BCUT2D eigenvalue weighted by Crippen LogP contribution is -2.72. The van der Waals surface area contributed by atoms with Gasteiger partial charge in [0.25, 0.3) is 5.91 Å². The van der Waals surface area contributed by atoms with E-state index in [1.165, 1.54) is 16.7 Å². The minimum Gasteiger partial charge on any atom is -0.508 e. The number of rotatable bonds is 3. The monoisotopic (exact) mass is 407 g/mol. The quantitative estimate of drug-likeness (QED) is 0.532. The molecule has 0 radical (unpaired) electrons. The van der Waals surface area contributed by atoms with Crippen LogP contribution in [0.15, 0.2) is 30.4 Å². The Morgan fingerprint density at radius 1 is 1.27 bits per heavy atom. The maximum Gasteiger partial charge on any atom is 0.322 e. The molecule has 2 heterocycles. The molecule has 2 bridgehead atoms. The Bertz CT molecular complexity index is 1040. The number of carbonyl (C=O) groups is 2. The van der Waals surface area contributed by atoms with Gasteiger partial charge in [0.05, 0.1) is 0 Å². The van der Waals surface area contributed by atoms with Crippen LogP contribution < -0.4 is 10.6 Å². The third-order valence-corrected chi connectivity index (χ3v) is 9.26. The summed E-state index contributed by atoms with van der Waals surface area (Å²) in [4.78, 5) is 27.5. The van der Waals surface area contributed by atoms with Gasteiger partial charge in [0.1, 0.15) is 11.3 Å². The van der Waals surface area contributed by atoms with Gasteiger partial charge in [0.2, 0.25) is 0 Å². The number of imide groups is 1. The molecule has 2 saturated heterocycles. The molecule has 158 valence electrons. The number of nitrogens with one attached hydrogen (secondary N) is 2. The van der Waals surface area contributed by atoms with Crippen molar-refractivity contribution in [1.82, 2.24) is 15.5 Å². The lowest BCUT2D eigenvalue weighted by atomic mass is 9.47. The van der Waals surface area contributed by atoms with E-state index in [-0.39, 0.29) is 33.9 Å². The molecule has 1 aromatic carbocycles. The number of likely N-dealkylation sites (tertiary alicyclic amines) is 1. The van der Waals surface area contributed by atoms with Crippen molar-refractivity contribution >= 4 is 11.9 Å². The molecule has 3 spiro atoms. The second-order valence-corrected chi connectivity index (χ2v) is 10.8. The first-order chi connectivity index (χ1) is 14.2. The number of amides is 3. The van der Waals surface area contributed by atoms with Gasteiger partial charge in [0, 0.05) is 30.0 Å². The number of benzene rings is 1. The van der Waals surface area contributed by atoms with Crippen molar-refractivity contribution in [3.8, 4) is 5.75 Å². The van der Waals surface area contributed by atoms with E-state index in [4.69, 9.17) is 0 Å². The molecule has 6 nitrogen and oxygen atoms in total. The molecule has 6 rings (SSSR count). The van der Waals surface area contributed by atoms with Crippen molar-refractivity contribution in [3.05, 3.63) is 41.5 Å². The van der Waals surface area contributed by atoms with Crippen molar-refractivity contribution in [2.75, 3.05) is 13.1 Å². The summed E-state index contributed by atoms with van der Waals surface area (Å²) in [7, 11) is 0. The number of hydrogen-bond donors (Lipinski definition) is 3. The van der Waals surface area contributed by atoms with Gasteiger partial charge in [-0.1, -0.05) is 18.6 Å². The zero-order valence-electron chi connectivity index (χ0n) is 17.7. The van der Waals surface area contributed by atoms with Gasteiger partial charge in [-0.25, -0.2) is 4.79 Å². The van der Waals surface area contributed by atoms with Crippen LogP contribution in [0.3, 0.4) is 0 Å². The average Bonchev–Trinajstić information content (AvgIpc) is 3.15. The molecule has 3 aliphatic carbocycles. The highest BCUT2D eigenvalue weighted by atomic mass is 16.3. The van der Waals surface area contributed by atoms with Gasteiger partial charge in [-0.15, -0.1) is 6.58 Å². The average molecular weight is 408 g/mol. The van der Waals surface area contributed by atoms with Crippen LogP contribution in [0.25, 0.3) is 0 Å². The largest absolute Gasteiger partial charge is 0.508 e. The molecular weight excluding hydrogens is 378 g/mol. The van der Waals surface area contributed by atoms with Gasteiger partial charge in [0.15, 0.2) is 0 Å². The molecule has 2 saturated carbocycles. The molecule has 30 heavy (non-hydrogen) atoms. The first-order valence-electron chi connectivity index (χ1n) is 11.0. The number of phenols is 1. The Balaban J connectivity index is 1.49. The minimum atomic E-state index is -0.836. The first-order valence-corrected chi connectivity index (χ1v) is 11.0. The SMILES string of the molecule is C=C(C)CCN1CC23CC4(C[C@]5(CCC4(C)C12)NC(=O)NC5=O)c1cc(O)ccc13. The predicted octanol–water partition coefficient (Wildman–Crippen LogP) is 2.70. The summed E-state index contributed by atoms with van der Waals surface area (Å²) < 4.78 is 0. The second kappa shape index (κ2) is 5.28. The Hall–Kier alpha value is -2.34. The lowest BCUT2D eigenvalue weighted by Gasteiger charge is -2.65. The zero-order valence-corrected chi connectivity index (χ0v) is 17.7. The van der Waals surface area contributed by atoms with Gasteiger partial charge >= 0.3 is 6.03 Å². The molecular formula is C24H29N3O3.